The molecule has 0 aromatic carbocycles. The van der Waals surface area contributed by atoms with E-state index in [-0.39, 0.29) is 24.2 Å². The lowest BCUT2D eigenvalue weighted by atomic mass is 10.00. The van der Waals surface area contributed by atoms with E-state index in [2.05, 4.69) is 11.9 Å². The van der Waals surface area contributed by atoms with E-state index in [1.807, 2.05) is 21.7 Å². The van der Waals surface area contributed by atoms with Crippen LogP contribution in [0.4, 0.5) is 0 Å². The molecule has 1 amide bonds. The third-order valence-corrected chi connectivity index (χ3v) is 5.80. The average Bonchev–Trinajstić information content (AvgIpc) is 3.30. The van der Waals surface area contributed by atoms with Crippen LogP contribution in [0.3, 0.4) is 0 Å². The predicted octanol–water partition coefficient (Wildman–Crippen LogP) is 3.82. The number of likely N-dealkylation sites (tertiary alicyclic amines) is 1. The van der Waals surface area contributed by atoms with Gasteiger partial charge in [-0.2, -0.15) is 11.3 Å². The predicted molar refractivity (Wildman–Crippen MR) is 95.4 cm³/mol. The summed E-state index contributed by atoms with van der Waals surface area (Å²) in [5, 5.41) is 6.42. The Morgan fingerprint density at radius 3 is 3.00 bits per heavy atom. The number of carbonyl (C=O) groups is 2. The minimum Gasteiger partial charge on any atom is -0.451 e. The fourth-order valence-electron chi connectivity index (χ4n) is 2.92. The van der Waals surface area contributed by atoms with E-state index in [4.69, 9.17) is 4.74 Å². The molecule has 1 aliphatic rings. The van der Waals surface area contributed by atoms with Gasteiger partial charge in [0.15, 0.2) is 12.3 Å². The molecule has 24 heavy (non-hydrogen) atoms. The molecule has 2 aromatic rings. The van der Waals surface area contributed by atoms with Crippen molar-refractivity contribution in [2.45, 2.75) is 38.6 Å². The van der Waals surface area contributed by atoms with E-state index in [0.717, 1.165) is 42.8 Å². The number of carbonyl (C=O) groups excluding carboxylic acids is 2. The molecule has 0 saturated carbocycles. The monoisotopic (exact) mass is 364 g/mol. The SMILES string of the molecule is CCC1CCCCN1C(=O)COC(=O)c1csc(-c2ccsc2)n1. The molecule has 1 fully saturated rings. The number of rotatable bonds is 5. The normalized spacial score (nSPS) is 17.7. The largest absolute Gasteiger partial charge is 0.451 e. The lowest BCUT2D eigenvalue weighted by molar-refractivity contribution is -0.138. The molecule has 2 aromatic heterocycles. The molecule has 3 rings (SSSR count). The van der Waals surface area contributed by atoms with E-state index in [0.29, 0.717) is 0 Å². The van der Waals surface area contributed by atoms with Crippen molar-refractivity contribution in [2.75, 3.05) is 13.2 Å². The maximum atomic E-state index is 12.3. The molecule has 5 nitrogen and oxygen atoms in total. The Kier molecular flexibility index (Phi) is 5.63. The minimum absolute atomic E-state index is 0.108. The van der Waals surface area contributed by atoms with Crippen LogP contribution in [-0.2, 0) is 9.53 Å². The van der Waals surface area contributed by atoms with Crippen molar-refractivity contribution in [2.24, 2.45) is 0 Å². The van der Waals surface area contributed by atoms with Crippen LogP contribution < -0.4 is 0 Å². The van der Waals surface area contributed by atoms with Crippen molar-refractivity contribution in [1.82, 2.24) is 9.88 Å². The second kappa shape index (κ2) is 7.90. The maximum absolute atomic E-state index is 12.3. The number of thiophene rings is 1. The van der Waals surface area contributed by atoms with Gasteiger partial charge in [-0.25, -0.2) is 9.78 Å². The van der Waals surface area contributed by atoms with Gasteiger partial charge >= 0.3 is 5.97 Å². The Balaban J connectivity index is 1.56. The van der Waals surface area contributed by atoms with Crippen molar-refractivity contribution in [3.8, 4) is 10.6 Å². The molecule has 0 aliphatic carbocycles. The quantitative estimate of drug-likeness (QED) is 0.757. The first-order valence-corrected chi connectivity index (χ1v) is 9.96. The van der Waals surface area contributed by atoms with Crippen molar-refractivity contribution in [3.05, 3.63) is 27.9 Å². The van der Waals surface area contributed by atoms with Gasteiger partial charge in [0, 0.05) is 28.9 Å². The van der Waals surface area contributed by atoms with Crippen LogP contribution in [0.25, 0.3) is 10.6 Å². The zero-order valence-electron chi connectivity index (χ0n) is 13.6. The van der Waals surface area contributed by atoms with Gasteiger partial charge in [0.2, 0.25) is 0 Å². The number of aromatic nitrogens is 1. The summed E-state index contributed by atoms with van der Waals surface area (Å²) in [4.78, 5) is 30.6. The van der Waals surface area contributed by atoms with Crippen LogP contribution in [-0.4, -0.2) is 41.0 Å². The number of piperidine rings is 1. The first kappa shape index (κ1) is 17.1. The summed E-state index contributed by atoms with van der Waals surface area (Å²) in [6, 6.07) is 2.23. The van der Waals surface area contributed by atoms with Crippen LogP contribution >= 0.6 is 22.7 Å². The summed E-state index contributed by atoms with van der Waals surface area (Å²) < 4.78 is 5.18. The smallest absolute Gasteiger partial charge is 0.358 e. The highest BCUT2D eigenvalue weighted by Crippen LogP contribution is 2.26. The molecule has 0 bridgehead atoms. The van der Waals surface area contributed by atoms with Crippen molar-refractivity contribution in [1.29, 1.82) is 0 Å². The Morgan fingerprint density at radius 2 is 2.25 bits per heavy atom. The van der Waals surface area contributed by atoms with Gasteiger partial charge in [-0.1, -0.05) is 6.92 Å². The van der Waals surface area contributed by atoms with E-state index in [1.54, 1.807) is 16.7 Å². The van der Waals surface area contributed by atoms with Gasteiger partial charge in [-0.3, -0.25) is 4.79 Å². The fraction of sp³-hybridized carbons (Fsp3) is 0.471. The van der Waals surface area contributed by atoms with Crippen LogP contribution in [0.2, 0.25) is 0 Å². The number of nitrogens with zero attached hydrogens (tertiary/aromatic N) is 2. The van der Waals surface area contributed by atoms with E-state index < -0.39 is 5.97 Å². The van der Waals surface area contributed by atoms with Gasteiger partial charge in [0.05, 0.1) is 0 Å². The zero-order chi connectivity index (χ0) is 16.9. The summed E-state index contributed by atoms with van der Waals surface area (Å²) in [5.74, 6) is -0.644. The summed E-state index contributed by atoms with van der Waals surface area (Å²) in [7, 11) is 0. The summed E-state index contributed by atoms with van der Waals surface area (Å²) in [6.07, 6.45) is 4.15. The molecule has 1 saturated heterocycles. The Hall–Kier alpha value is -1.73. The van der Waals surface area contributed by atoms with E-state index in [1.165, 1.54) is 11.3 Å². The third kappa shape index (κ3) is 3.84. The van der Waals surface area contributed by atoms with Crippen molar-refractivity contribution < 1.29 is 14.3 Å². The first-order chi connectivity index (χ1) is 11.7. The molecule has 1 atom stereocenters. The van der Waals surface area contributed by atoms with Gasteiger partial charge in [0.1, 0.15) is 5.01 Å². The number of hydrogen-bond acceptors (Lipinski definition) is 6. The highest BCUT2D eigenvalue weighted by atomic mass is 32.1. The number of esters is 1. The first-order valence-electron chi connectivity index (χ1n) is 8.13. The summed E-state index contributed by atoms with van der Waals surface area (Å²) >= 11 is 2.99. The van der Waals surface area contributed by atoms with E-state index >= 15 is 0 Å². The second-order valence-electron chi connectivity index (χ2n) is 5.77. The highest BCUT2D eigenvalue weighted by molar-refractivity contribution is 7.14. The van der Waals surface area contributed by atoms with Crippen LogP contribution in [0.1, 0.15) is 43.1 Å². The maximum Gasteiger partial charge on any atom is 0.358 e. The average molecular weight is 364 g/mol. The summed E-state index contributed by atoms with van der Waals surface area (Å²) in [5.41, 5.74) is 1.26. The Morgan fingerprint density at radius 1 is 1.38 bits per heavy atom. The van der Waals surface area contributed by atoms with Gasteiger partial charge < -0.3 is 9.64 Å². The number of amides is 1. The zero-order valence-corrected chi connectivity index (χ0v) is 15.2. The topological polar surface area (TPSA) is 59.5 Å². The second-order valence-corrected chi connectivity index (χ2v) is 7.41. The Bertz CT molecular complexity index is 697. The van der Waals surface area contributed by atoms with E-state index in [9.17, 15) is 9.59 Å². The minimum atomic E-state index is -0.536. The van der Waals surface area contributed by atoms with Crippen molar-refractivity contribution in [3.63, 3.8) is 0 Å². The molecule has 3 heterocycles. The molecule has 0 radical (unpaired) electrons. The van der Waals surface area contributed by atoms with Gasteiger partial charge in [0.25, 0.3) is 5.91 Å². The highest BCUT2D eigenvalue weighted by Gasteiger charge is 2.26. The van der Waals surface area contributed by atoms with Crippen molar-refractivity contribution >= 4 is 34.6 Å². The number of ether oxygens (including phenoxy) is 1. The number of hydrogen-bond donors (Lipinski definition) is 0. The van der Waals surface area contributed by atoms with Crippen LogP contribution in [0.5, 0.6) is 0 Å². The number of thiazole rings is 1. The summed E-state index contributed by atoms with van der Waals surface area (Å²) in [6.45, 7) is 2.64. The molecule has 7 heteroatoms. The molecule has 1 aliphatic heterocycles. The van der Waals surface area contributed by atoms with Gasteiger partial charge in [-0.15, -0.1) is 11.3 Å². The van der Waals surface area contributed by atoms with Crippen LogP contribution in [0, 0.1) is 0 Å². The molecular weight excluding hydrogens is 344 g/mol. The molecule has 1 unspecified atom stereocenters. The molecule has 0 N–H and O–H groups in total. The standard InChI is InChI=1S/C17H20N2O3S2/c1-2-13-5-3-4-7-19(13)15(20)9-22-17(21)14-11-24-16(18-14)12-6-8-23-10-12/h6,8,10-11,13H,2-5,7,9H2,1H3. The third-order valence-electron chi connectivity index (χ3n) is 4.23. The fourth-order valence-corrected chi connectivity index (χ4v) is 4.43. The molecule has 0 spiro atoms. The Labute approximate surface area is 149 Å². The molecular formula is C17H20N2O3S2. The lowest BCUT2D eigenvalue weighted by Gasteiger charge is -2.35. The molecule has 128 valence electrons. The lowest BCUT2D eigenvalue weighted by Crippen LogP contribution is -2.45. The van der Waals surface area contributed by atoms with Gasteiger partial charge in [-0.05, 0) is 37.1 Å². The van der Waals surface area contributed by atoms with Crippen LogP contribution in [0.15, 0.2) is 22.2 Å².